The van der Waals surface area contributed by atoms with Gasteiger partial charge in [-0.2, -0.15) is 0 Å². The van der Waals surface area contributed by atoms with Gasteiger partial charge in [0.05, 0.1) is 13.3 Å². The van der Waals surface area contributed by atoms with Crippen LogP contribution in [0.25, 0.3) is 0 Å². The second-order valence-electron chi connectivity index (χ2n) is 2.07. The third-order valence-electron chi connectivity index (χ3n) is 1.15. The number of unbranched alkanes of at least 4 members (excludes halogenated alkanes) is 5. The molecule has 0 saturated carbocycles. The average molecular weight is 112 g/mol. The maximum absolute atomic E-state index is 3.76. The molecular weight excluding hydrogens is 96.1 g/mol. The van der Waals surface area contributed by atoms with Crippen molar-refractivity contribution in [3.63, 3.8) is 0 Å². The summed E-state index contributed by atoms with van der Waals surface area (Å²) in [4.78, 5) is 0. The van der Waals surface area contributed by atoms with Gasteiger partial charge in [-0.15, -0.1) is 0 Å². The van der Waals surface area contributed by atoms with Gasteiger partial charge in [0, 0.05) is 0 Å². The molecular formula is C8H16+. The zero-order valence-electron chi connectivity index (χ0n) is 5.82. The minimum atomic E-state index is 1.08. The highest BCUT2D eigenvalue weighted by Crippen LogP contribution is 2.01. The van der Waals surface area contributed by atoms with Gasteiger partial charge < -0.3 is 0 Å². The molecule has 8 heavy (non-hydrogen) atoms. The summed E-state index contributed by atoms with van der Waals surface area (Å²) < 4.78 is 0. The molecule has 1 radical (unpaired) electrons. The van der Waals surface area contributed by atoms with Crippen LogP contribution < -0.4 is 0 Å². The van der Waals surface area contributed by atoms with Crippen molar-refractivity contribution in [2.75, 3.05) is 0 Å². The van der Waals surface area contributed by atoms with Crippen LogP contribution in [0.3, 0.4) is 0 Å². The van der Waals surface area contributed by atoms with Crippen molar-refractivity contribution in [1.29, 1.82) is 0 Å². The van der Waals surface area contributed by atoms with Crippen LogP contribution in [-0.4, -0.2) is 0 Å². The third-order valence-corrected chi connectivity index (χ3v) is 1.15. The normalized spacial score (nSPS) is 9.62. The smallest absolute Gasteiger partial charge is 0.0654 e. The first kappa shape index (κ1) is 7.87. The SMILES string of the molecule is [CH2+]CCC[CH]CCC. The molecule has 0 heterocycles. The first-order valence-corrected chi connectivity index (χ1v) is 3.52. The highest BCUT2D eigenvalue weighted by Gasteiger charge is 1.86. The molecule has 0 aromatic rings. The number of hydrogen-bond donors (Lipinski definition) is 0. The van der Waals surface area contributed by atoms with E-state index < -0.39 is 0 Å². The zero-order valence-corrected chi connectivity index (χ0v) is 5.82. The first-order valence-electron chi connectivity index (χ1n) is 3.52. The number of hydrogen-bond acceptors (Lipinski definition) is 0. The molecule has 0 bridgehead atoms. The van der Waals surface area contributed by atoms with E-state index in [1.54, 1.807) is 0 Å². The molecule has 0 spiro atoms. The summed E-state index contributed by atoms with van der Waals surface area (Å²) in [5.41, 5.74) is 0. The summed E-state index contributed by atoms with van der Waals surface area (Å²) in [5, 5.41) is 0. The summed E-state index contributed by atoms with van der Waals surface area (Å²) in [6.07, 6.45) is 8.53. The Morgan fingerprint density at radius 1 is 1.38 bits per heavy atom. The van der Waals surface area contributed by atoms with Gasteiger partial charge >= 0.3 is 0 Å². The summed E-state index contributed by atoms with van der Waals surface area (Å²) in [7, 11) is 0. The van der Waals surface area contributed by atoms with E-state index >= 15 is 0 Å². The van der Waals surface area contributed by atoms with Gasteiger partial charge in [0.2, 0.25) is 0 Å². The van der Waals surface area contributed by atoms with Crippen molar-refractivity contribution in [1.82, 2.24) is 0 Å². The Hall–Kier alpha value is -0.130. The van der Waals surface area contributed by atoms with Crippen LogP contribution in [0.5, 0.6) is 0 Å². The lowest BCUT2D eigenvalue weighted by Crippen LogP contribution is -1.75. The minimum absolute atomic E-state index is 1.08. The van der Waals surface area contributed by atoms with E-state index in [1.807, 2.05) is 0 Å². The van der Waals surface area contributed by atoms with Crippen LogP contribution in [0.2, 0.25) is 0 Å². The molecule has 0 nitrogen and oxygen atoms in total. The van der Waals surface area contributed by atoms with Crippen LogP contribution in [0, 0.1) is 13.3 Å². The molecule has 47 valence electrons. The Balaban J connectivity index is 2.53. The molecule has 0 rings (SSSR count). The molecule has 0 atom stereocenters. The van der Waals surface area contributed by atoms with E-state index in [9.17, 15) is 0 Å². The Morgan fingerprint density at radius 2 is 2.12 bits per heavy atom. The maximum atomic E-state index is 3.76. The van der Waals surface area contributed by atoms with Crippen LogP contribution in [0.4, 0.5) is 0 Å². The van der Waals surface area contributed by atoms with E-state index in [-0.39, 0.29) is 0 Å². The summed E-state index contributed by atoms with van der Waals surface area (Å²) in [6, 6.07) is 0. The standard InChI is InChI=1S/C8H16/c1-3-5-7-8-6-4-2/h8H,1,3-7H2,2H3/q+1. The Bertz CT molecular complexity index is 25.0. The summed E-state index contributed by atoms with van der Waals surface area (Å²) >= 11 is 0. The fourth-order valence-electron chi connectivity index (χ4n) is 0.637. The van der Waals surface area contributed by atoms with Crippen molar-refractivity contribution < 1.29 is 0 Å². The molecule has 0 aliphatic heterocycles. The average Bonchev–Trinajstić information content (AvgIpc) is 1.81. The predicted molar refractivity (Wildman–Crippen MR) is 38.4 cm³/mol. The fraction of sp³-hybridized carbons (Fsp3) is 0.750. The van der Waals surface area contributed by atoms with Crippen LogP contribution in [0.15, 0.2) is 0 Å². The maximum Gasteiger partial charge on any atom is 0.0850 e. The minimum Gasteiger partial charge on any atom is -0.0654 e. The van der Waals surface area contributed by atoms with E-state index in [2.05, 4.69) is 20.3 Å². The number of rotatable bonds is 5. The fourth-order valence-corrected chi connectivity index (χ4v) is 0.637. The predicted octanol–water partition coefficient (Wildman–Crippen LogP) is 3.00. The summed E-state index contributed by atoms with van der Waals surface area (Å²) in [6.45, 7) is 5.97. The molecule has 0 heteroatoms. The quantitative estimate of drug-likeness (QED) is 0.379. The Kier molecular flexibility index (Phi) is 6.76. The monoisotopic (exact) mass is 112 g/mol. The largest absolute Gasteiger partial charge is 0.0850 e. The molecule has 0 fully saturated rings. The van der Waals surface area contributed by atoms with E-state index in [0.29, 0.717) is 0 Å². The highest BCUT2D eigenvalue weighted by molar-refractivity contribution is 4.62. The van der Waals surface area contributed by atoms with Gasteiger partial charge in [0.1, 0.15) is 0 Å². The molecule has 0 amide bonds. The summed E-state index contributed by atoms with van der Waals surface area (Å²) in [5.74, 6) is 0. The van der Waals surface area contributed by atoms with E-state index in [1.165, 1.54) is 25.7 Å². The van der Waals surface area contributed by atoms with Crippen molar-refractivity contribution in [3.8, 4) is 0 Å². The zero-order chi connectivity index (χ0) is 6.24. The highest BCUT2D eigenvalue weighted by atomic mass is 13.9. The van der Waals surface area contributed by atoms with Gasteiger partial charge in [-0.3, -0.25) is 0 Å². The first-order chi connectivity index (χ1) is 3.91. The van der Waals surface area contributed by atoms with Gasteiger partial charge in [-0.25, -0.2) is 0 Å². The molecule has 0 aromatic heterocycles. The molecule has 0 aliphatic carbocycles. The molecule has 0 saturated heterocycles. The van der Waals surface area contributed by atoms with Crippen molar-refractivity contribution in [2.45, 2.75) is 39.0 Å². The van der Waals surface area contributed by atoms with Crippen LogP contribution in [-0.2, 0) is 0 Å². The van der Waals surface area contributed by atoms with Gasteiger partial charge in [-0.1, -0.05) is 19.8 Å². The van der Waals surface area contributed by atoms with Crippen LogP contribution in [0.1, 0.15) is 39.0 Å². The Morgan fingerprint density at radius 3 is 2.62 bits per heavy atom. The van der Waals surface area contributed by atoms with E-state index in [0.717, 1.165) is 6.42 Å². The van der Waals surface area contributed by atoms with Crippen molar-refractivity contribution >= 4 is 0 Å². The topological polar surface area (TPSA) is 0 Å². The lowest BCUT2D eigenvalue weighted by molar-refractivity contribution is 0.761. The van der Waals surface area contributed by atoms with Gasteiger partial charge in [-0.05, 0) is 19.3 Å². The molecule has 0 aliphatic rings. The van der Waals surface area contributed by atoms with Crippen molar-refractivity contribution in [2.24, 2.45) is 0 Å². The lowest BCUT2D eigenvalue weighted by Gasteiger charge is -1.91. The van der Waals surface area contributed by atoms with Crippen LogP contribution >= 0.6 is 0 Å². The van der Waals surface area contributed by atoms with Crippen molar-refractivity contribution in [3.05, 3.63) is 13.3 Å². The molecule has 0 aromatic carbocycles. The Labute approximate surface area is 53.3 Å². The molecule has 0 unspecified atom stereocenters. The third kappa shape index (κ3) is 5.87. The lowest BCUT2D eigenvalue weighted by atomic mass is 10.1. The molecule has 0 N–H and O–H groups in total. The second kappa shape index (κ2) is 6.87. The second-order valence-corrected chi connectivity index (χ2v) is 2.07. The van der Waals surface area contributed by atoms with E-state index in [4.69, 9.17) is 0 Å². The van der Waals surface area contributed by atoms with Gasteiger partial charge in [0.25, 0.3) is 0 Å². The van der Waals surface area contributed by atoms with Gasteiger partial charge in [0.15, 0.2) is 0 Å².